The maximum atomic E-state index is 12.1. The number of aryl methyl sites for hydroxylation is 1. The molecule has 1 atom stereocenters. The molecule has 31 heavy (non-hydrogen) atoms. The Morgan fingerprint density at radius 3 is 2.52 bits per heavy atom. The first-order valence-corrected chi connectivity index (χ1v) is 11.0. The van der Waals surface area contributed by atoms with Gasteiger partial charge < -0.3 is 20.1 Å². The second-order valence-corrected chi connectivity index (χ2v) is 7.99. The Kier molecular flexibility index (Phi) is 9.40. The van der Waals surface area contributed by atoms with Crippen LogP contribution in [0.5, 0.6) is 0 Å². The predicted molar refractivity (Wildman–Crippen MR) is 123 cm³/mol. The number of nitrogens with one attached hydrogen (secondary N) is 1. The number of aliphatic hydroxyl groups excluding tert-OH is 1. The van der Waals surface area contributed by atoms with Crippen molar-refractivity contribution in [2.24, 2.45) is 0 Å². The van der Waals surface area contributed by atoms with Gasteiger partial charge in [0.1, 0.15) is 0 Å². The van der Waals surface area contributed by atoms with Crippen molar-refractivity contribution in [3.8, 4) is 0 Å². The molecule has 1 aromatic heterocycles. The molecule has 3 heterocycles. The lowest BCUT2D eigenvalue weighted by atomic mass is 9.97. The topological polar surface area (TPSA) is 87.6 Å². The normalized spacial score (nSPS) is 18.3. The van der Waals surface area contributed by atoms with Crippen LogP contribution >= 0.6 is 0 Å². The highest BCUT2D eigenvalue weighted by atomic mass is 16.5. The Bertz CT molecular complexity index is 821. The van der Waals surface area contributed by atoms with Gasteiger partial charge in [-0.15, -0.1) is 0 Å². The molecule has 2 aromatic rings. The highest BCUT2D eigenvalue weighted by Gasteiger charge is 2.41. The highest BCUT2D eigenvalue weighted by molar-refractivity contribution is 5.77. The Hall–Kier alpha value is -2.51. The summed E-state index contributed by atoms with van der Waals surface area (Å²) in [6.45, 7) is 10.2. The van der Waals surface area contributed by atoms with Gasteiger partial charge in [0.25, 0.3) is 0 Å². The summed E-state index contributed by atoms with van der Waals surface area (Å²) in [4.78, 5) is 23.0. The van der Waals surface area contributed by atoms with Crippen LogP contribution in [0.25, 0.3) is 0 Å². The van der Waals surface area contributed by atoms with E-state index in [0.29, 0.717) is 25.5 Å². The molecule has 170 valence electrons. The van der Waals surface area contributed by atoms with Gasteiger partial charge in [0.2, 0.25) is 11.9 Å². The molecule has 0 radical (unpaired) electrons. The molecule has 0 bridgehead atoms. The Labute approximate surface area is 185 Å². The number of hydrogen-bond donors (Lipinski definition) is 2. The van der Waals surface area contributed by atoms with Gasteiger partial charge in [0.05, 0.1) is 30.4 Å². The first-order valence-electron chi connectivity index (χ1n) is 11.0. The third kappa shape index (κ3) is 6.24. The van der Waals surface area contributed by atoms with Gasteiger partial charge in [0, 0.05) is 31.9 Å². The van der Waals surface area contributed by atoms with Gasteiger partial charge >= 0.3 is 0 Å². The van der Waals surface area contributed by atoms with E-state index in [1.165, 1.54) is 5.56 Å². The number of nitrogens with zero attached hydrogens (tertiary/aromatic N) is 3. The van der Waals surface area contributed by atoms with Gasteiger partial charge in [-0.2, -0.15) is 0 Å². The van der Waals surface area contributed by atoms with E-state index in [1.54, 1.807) is 0 Å². The van der Waals surface area contributed by atoms with E-state index in [1.807, 2.05) is 37.9 Å². The van der Waals surface area contributed by atoms with Crippen LogP contribution in [0.4, 0.5) is 5.95 Å². The van der Waals surface area contributed by atoms with Crippen molar-refractivity contribution in [3.05, 3.63) is 53.3 Å². The molecule has 4 rings (SSSR count). The molecule has 0 spiro atoms. The molecule has 7 nitrogen and oxygen atoms in total. The minimum absolute atomic E-state index is 0.150. The average molecular weight is 429 g/mol. The smallest absolute Gasteiger partial charge is 0.223 e. The molecule has 7 heteroatoms. The number of rotatable bonds is 4. The molecule has 1 saturated heterocycles. The van der Waals surface area contributed by atoms with Crippen molar-refractivity contribution in [2.75, 3.05) is 25.6 Å². The Morgan fingerprint density at radius 2 is 1.97 bits per heavy atom. The minimum Gasteiger partial charge on any atom is -0.400 e. The fraction of sp³-hybridized carbons (Fsp3) is 0.542. The van der Waals surface area contributed by atoms with Crippen LogP contribution in [-0.4, -0.2) is 52.2 Å². The van der Waals surface area contributed by atoms with E-state index in [2.05, 4.69) is 46.5 Å². The lowest BCUT2D eigenvalue weighted by Crippen LogP contribution is -2.39. The second kappa shape index (κ2) is 11.8. The van der Waals surface area contributed by atoms with Crippen molar-refractivity contribution >= 4 is 11.9 Å². The Balaban J connectivity index is 0.000000286. The van der Waals surface area contributed by atoms with Crippen molar-refractivity contribution in [1.82, 2.24) is 14.9 Å². The van der Waals surface area contributed by atoms with Crippen LogP contribution in [-0.2, 0) is 28.0 Å². The summed E-state index contributed by atoms with van der Waals surface area (Å²) in [7, 11) is 1.00. The fourth-order valence-electron chi connectivity index (χ4n) is 3.75. The van der Waals surface area contributed by atoms with Gasteiger partial charge in [-0.3, -0.25) is 4.79 Å². The summed E-state index contributed by atoms with van der Waals surface area (Å²) in [5, 5.41) is 10.3. The molecule has 1 unspecified atom stereocenters. The molecule has 0 aliphatic carbocycles. The number of carbonyl (C=O) groups is 1. The van der Waals surface area contributed by atoms with Gasteiger partial charge in [-0.05, 0) is 32.3 Å². The number of carbonyl (C=O) groups excluding carboxylic acids is 1. The van der Waals surface area contributed by atoms with E-state index in [9.17, 15) is 4.79 Å². The van der Waals surface area contributed by atoms with Crippen LogP contribution in [0, 0.1) is 0 Å². The monoisotopic (exact) mass is 428 g/mol. The van der Waals surface area contributed by atoms with Crippen molar-refractivity contribution in [2.45, 2.75) is 65.1 Å². The zero-order valence-electron chi connectivity index (χ0n) is 19.4. The minimum atomic E-state index is -0.336. The zero-order valence-corrected chi connectivity index (χ0v) is 19.4. The van der Waals surface area contributed by atoms with Crippen LogP contribution in [0.15, 0.2) is 36.5 Å². The van der Waals surface area contributed by atoms with E-state index in [-0.39, 0.29) is 17.5 Å². The van der Waals surface area contributed by atoms with E-state index in [4.69, 9.17) is 9.84 Å². The summed E-state index contributed by atoms with van der Waals surface area (Å²) in [5.74, 6) is 0.780. The number of fused-ring (bicyclic) bond motifs is 1. The summed E-state index contributed by atoms with van der Waals surface area (Å²) in [5.41, 5.74) is 3.06. The molecule has 2 N–H and O–H groups in total. The van der Waals surface area contributed by atoms with Gasteiger partial charge in [-0.25, -0.2) is 9.97 Å². The summed E-state index contributed by atoms with van der Waals surface area (Å²) in [6.07, 6.45) is 4.48. The van der Waals surface area contributed by atoms with E-state index in [0.717, 1.165) is 37.8 Å². The largest absolute Gasteiger partial charge is 0.400 e. The zero-order chi connectivity index (χ0) is 22.9. The highest BCUT2D eigenvalue weighted by Crippen LogP contribution is 2.38. The fourth-order valence-corrected chi connectivity index (χ4v) is 3.75. The maximum Gasteiger partial charge on any atom is 0.223 e. The van der Waals surface area contributed by atoms with E-state index >= 15 is 0 Å². The number of hydrogen-bond acceptors (Lipinski definition) is 6. The molecular weight excluding hydrogens is 392 g/mol. The van der Waals surface area contributed by atoms with Crippen LogP contribution < -0.4 is 5.32 Å². The van der Waals surface area contributed by atoms with Crippen molar-refractivity contribution in [3.63, 3.8) is 0 Å². The standard InChI is InChI=1S/C15H22N4O2.C8H10.CH4O/c1-4-13(20)19-8-12-11(15(19,2)3)7-16-14(18-12)17-10-5-6-21-9-10;1-2-8-6-4-3-5-7-8;1-2/h7,10H,4-6,8-9H2,1-3H3,(H,16,17,18);3-7H,2H2,1H3;2H,1H3. The summed E-state index contributed by atoms with van der Waals surface area (Å²) < 4.78 is 5.35. The molecule has 0 saturated carbocycles. The third-order valence-electron chi connectivity index (χ3n) is 5.63. The number of benzene rings is 1. The quantitative estimate of drug-likeness (QED) is 0.775. The summed E-state index contributed by atoms with van der Waals surface area (Å²) >= 11 is 0. The van der Waals surface area contributed by atoms with Gasteiger partial charge in [0.15, 0.2) is 0 Å². The molecule has 1 amide bonds. The average Bonchev–Trinajstić information content (AvgIpc) is 3.41. The first-order chi connectivity index (χ1) is 15.0. The number of aromatic nitrogens is 2. The number of aliphatic hydroxyl groups is 1. The number of amides is 1. The maximum absolute atomic E-state index is 12.1. The first kappa shape index (κ1) is 24.8. The number of ether oxygens (including phenoxy) is 1. The van der Waals surface area contributed by atoms with Crippen LogP contribution in [0.1, 0.15) is 57.4 Å². The number of anilines is 1. The Morgan fingerprint density at radius 1 is 1.26 bits per heavy atom. The second-order valence-electron chi connectivity index (χ2n) is 7.99. The van der Waals surface area contributed by atoms with Gasteiger partial charge in [-0.1, -0.05) is 44.2 Å². The lowest BCUT2D eigenvalue weighted by molar-refractivity contribution is -0.136. The summed E-state index contributed by atoms with van der Waals surface area (Å²) in [6, 6.07) is 10.7. The third-order valence-corrected chi connectivity index (χ3v) is 5.63. The predicted octanol–water partition coefficient (Wildman–Crippen LogP) is 3.52. The van der Waals surface area contributed by atoms with Crippen LogP contribution in [0.2, 0.25) is 0 Å². The molecule has 1 fully saturated rings. The van der Waals surface area contributed by atoms with Crippen molar-refractivity contribution < 1.29 is 14.6 Å². The molecular formula is C24H36N4O3. The molecule has 2 aliphatic heterocycles. The SMILES string of the molecule is CCC(=O)N1Cc2nc(NC3CCOC3)ncc2C1(C)C.CCc1ccccc1.CO. The molecule has 1 aromatic carbocycles. The van der Waals surface area contributed by atoms with E-state index < -0.39 is 0 Å². The van der Waals surface area contributed by atoms with Crippen LogP contribution in [0.3, 0.4) is 0 Å². The lowest BCUT2D eigenvalue weighted by Gasteiger charge is -2.31. The molecule has 2 aliphatic rings. The van der Waals surface area contributed by atoms with Crippen molar-refractivity contribution in [1.29, 1.82) is 0 Å².